The van der Waals surface area contributed by atoms with E-state index in [0.717, 1.165) is 36.2 Å². The van der Waals surface area contributed by atoms with Crippen LogP contribution in [0.25, 0.3) is 0 Å². The van der Waals surface area contributed by atoms with Crippen molar-refractivity contribution in [3.05, 3.63) is 54.1 Å². The number of alkyl halides is 3. The zero-order valence-corrected chi connectivity index (χ0v) is 12.9. The van der Waals surface area contributed by atoms with E-state index in [4.69, 9.17) is 0 Å². The van der Waals surface area contributed by atoms with Gasteiger partial charge in [-0.25, -0.2) is 8.42 Å². The number of sulfonamides is 1. The van der Waals surface area contributed by atoms with Crippen LogP contribution in [0.15, 0.2) is 53.4 Å². The predicted molar refractivity (Wildman–Crippen MR) is 79.8 cm³/mol. The molecular weight excluding hydrogens is 331 g/mol. The van der Waals surface area contributed by atoms with Crippen molar-refractivity contribution in [2.24, 2.45) is 0 Å². The average Bonchev–Trinajstić information content (AvgIpc) is 2.46. The van der Waals surface area contributed by atoms with Gasteiger partial charge in [-0.1, -0.05) is 19.1 Å². The molecule has 0 aliphatic heterocycles. The minimum absolute atomic E-state index is 0.158. The standard InChI is InChI=1S/C15H14F3NO3S/c1-2-11-4-3-5-12(10-11)19-23(20,21)14-8-6-13(7-9-14)22-15(16,17)18/h3-10,19H,2H2,1H3. The summed E-state index contributed by atoms with van der Waals surface area (Å²) in [5.74, 6) is -0.482. The fourth-order valence-electron chi connectivity index (χ4n) is 1.89. The molecule has 0 aliphatic carbocycles. The van der Waals surface area contributed by atoms with Gasteiger partial charge in [-0.3, -0.25) is 4.72 Å². The zero-order chi connectivity index (χ0) is 17.1. The molecule has 0 saturated carbocycles. The van der Waals surface area contributed by atoms with Gasteiger partial charge in [0.2, 0.25) is 0 Å². The fraction of sp³-hybridized carbons (Fsp3) is 0.200. The first-order chi connectivity index (χ1) is 10.7. The monoisotopic (exact) mass is 345 g/mol. The molecular formula is C15H14F3NO3S. The van der Waals surface area contributed by atoms with E-state index in [1.165, 1.54) is 0 Å². The highest BCUT2D eigenvalue weighted by molar-refractivity contribution is 7.92. The van der Waals surface area contributed by atoms with Gasteiger partial charge < -0.3 is 4.74 Å². The maximum absolute atomic E-state index is 12.2. The smallest absolute Gasteiger partial charge is 0.406 e. The van der Waals surface area contributed by atoms with Gasteiger partial charge in [-0.05, 0) is 48.4 Å². The molecule has 0 heterocycles. The van der Waals surface area contributed by atoms with Crippen molar-refractivity contribution in [2.45, 2.75) is 24.6 Å². The second kappa shape index (κ2) is 6.49. The molecule has 23 heavy (non-hydrogen) atoms. The molecule has 2 aromatic carbocycles. The molecule has 0 bridgehead atoms. The van der Waals surface area contributed by atoms with Crippen molar-refractivity contribution >= 4 is 15.7 Å². The molecule has 0 unspecified atom stereocenters. The maximum Gasteiger partial charge on any atom is 0.573 e. The van der Waals surface area contributed by atoms with Crippen LogP contribution in [0.5, 0.6) is 5.75 Å². The summed E-state index contributed by atoms with van der Waals surface area (Å²) in [6.45, 7) is 1.94. The largest absolute Gasteiger partial charge is 0.573 e. The first kappa shape index (κ1) is 17.1. The summed E-state index contributed by atoms with van der Waals surface area (Å²) in [6, 6.07) is 10.9. The van der Waals surface area contributed by atoms with Crippen molar-refractivity contribution < 1.29 is 26.3 Å². The highest BCUT2D eigenvalue weighted by Gasteiger charge is 2.31. The number of halogens is 3. The summed E-state index contributed by atoms with van der Waals surface area (Å²) in [5.41, 5.74) is 1.35. The molecule has 0 fully saturated rings. The maximum atomic E-state index is 12.2. The van der Waals surface area contributed by atoms with Gasteiger partial charge in [0.05, 0.1) is 4.90 Å². The third kappa shape index (κ3) is 4.88. The van der Waals surface area contributed by atoms with Crippen LogP contribution in [0.1, 0.15) is 12.5 Å². The molecule has 0 saturated heterocycles. The molecule has 0 amide bonds. The predicted octanol–water partition coefficient (Wildman–Crippen LogP) is 3.95. The SMILES string of the molecule is CCc1cccc(NS(=O)(=O)c2ccc(OC(F)(F)F)cc2)c1. The van der Waals surface area contributed by atoms with E-state index in [-0.39, 0.29) is 4.90 Å². The van der Waals surface area contributed by atoms with Crippen molar-refractivity contribution in [3.63, 3.8) is 0 Å². The topological polar surface area (TPSA) is 55.4 Å². The van der Waals surface area contributed by atoms with E-state index in [2.05, 4.69) is 9.46 Å². The second-order valence-electron chi connectivity index (χ2n) is 4.68. The quantitative estimate of drug-likeness (QED) is 0.893. The molecule has 8 heteroatoms. The highest BCUT2D eigenvalue weighted by atomic mass is 32.2. The van der Waals surface area contributed by atoms with Gasteiger partial charge in [0.25, 0.3) is 10.0 Å². The van der Waals surface area contributed by atoms with Crippen molar-refractivity contribution in [3.8, 4) is 5.75 Å². The molecule has 0 aliphatic rings. The Morgan fingerprint density at radius 3 is 2.30 bits per heavy atom. The first-order valence-electron chi connectivity index (χ1n) is 6.67. The first-order valence-corrected chi connectivity index (χ1v) is 8.15. The normalized spacial score (nSPS) is 12.0. The van der Waals surface area contributed by atoms with Crippen LogP contribution in [0.4, 0.5) is 18.9 Å². The number of hydrogen-bond acceptors (Lipinski definition) is 3. The molecule has 124 valence electrons. The molecule has 4 nitrogen and oxygen atoms in total. The van der Waals surface area contributed by atoms with Crippen LogP contribution in [0.3, 0.4) is 0 Å². The summed E-state index contributed by atoms with van der Waals surface area (Å²) >= 11 is 0. The molecule has 1 N–H and O–H groups in total. The molecule has 0 spiro atoms. The Hall–Kier alpha value is -2.22. The number of rotatable bonds is 5. The Morgan fingerprint density at radius 2 is 1.74 bits per heavy atom. The van der Waals surface area contributed by atoms with Crippen LogP contribution in [0.2, 0.25) is 0 Å². The van der Waals surface area contributed by atoms with Crippen LogP contribution in [-0.2, 0) is 16.4 Å². The van der Waals surface area contributed by atoms with E-state index in [0.29, 0.717) is 5.69 Å². The van der Waals surface area contributed by atoms with Crippen LogP contribution >= 0.6 is 0 Å². The third-order valence-corrected chi connectivity index (χ3v) is 4.35. The minimum Gasteiger partial charge on any atom is -0.406 e. The van der Waals surface area contributed by atoms with Gasteiger partial charge in [0, 0.05) is 5.69 Å². The summed E-state index contributed by atoms with van der Waals surface area (Å²) in [5, 5.41) is 0. The second-order valence-corrected chi connectivity index (χ2v) is 6.36. The molecule has 2 rings (SSSR count). The van der Waals surface area contributed by atoms with Gasteiger partial charge in [0.1, 0.15) is 5.75 Å². The van der Waals surface area contributed by atoms with Gasteiger partial charge in [-0.15, -0.1) is 13.2 Å². The number of nitrogens with one attached hydrogen (secondary N) is 1. The lowest BCUT2D eigenvalue weighted by Gasteiger charge is -2.11. The fourth-order valence-corrected chi connectivity index (χ4v) is 2.94. The van der Waals surface area contributed by atoms with E-state index in [1.54, 1.807) is 18.2 Å². The van der Waals surface area contributed by atoms with Crippen LogP contribution < -0.4 is 9.46 Å². The Labute approximate surface area is 132 Å². The molecule has 0 atom stereocenters. The van der Waals surface area contributed by atoms with Crippen molar-refractivity contribution in [2.75, 3.05) is 4.72 Å². The molecule has 2 aromatic rings. The Bertz CT molecular complexity index is 771. The summed E-state index contributed by atoms with van der Waals surface area (Å²) < 4.78 is 66.8. The Balaban J connectivity index is 2.19. The lowest BCUT2D eigenvalue weighted by atomic mass is 10.1. The van der Waals surface area contributed by atoms with E-state index in [1.807, 2.05) is 13.0 Å². The number of ether oxygens (including phenoxy) is 1. The third-order valence-electron chi connectivity index (χ3n) is 2.96. The van der Waals surface area contributed by atoms with E-state index in [9.17, 15) is 21.6 Å². The zero-order valence-electron chi connectivity index (χ0n) is 12.1. The summed E-state index contributed by atoms with van der Waals surface area (Å²) in [6.07, 6.45) is -4.07. The lowest BCUT2D eigenvalue weighted by molar-refractivity contribution is -0.274. The van der Waals surface area contributed by atoms with E-state index >= 15 is 0 Å². The number of aryl methyl sites for hydroxylation is 1. The average molecular weight is 345 g/mol. The Kier molecular flexibility index (Phi) is 4.84. The number of hydrogen-bond donors (Lipinski definition) is 1. The highest BCUT2D eigenvalue weighted by Crippen LogP contribution is 2.25. The number of anilines is 1. The van der Waals surface area contributed by atoms with Gasteiger partial charge in [0.15, 0.2) is 0 Å². The van der Waals surface area contributed by atoms with Crippen LogP contribution in [0, 0.1) is 0 Å². The Morgan fingerprint density at radius 1 is 1.09 bits per heavy atom. The van der Waals surface area contributed by atoms with Crippen molar-refractivity contribution in [1.82, 2.24) is 0 Å². The summed E-state index contributed by atoms with van der Waals surface area (Å²) in [7, 11) is -3.89. The van der Waals surface area contributed by atoms with Crippen LogP contribution in [-0.4, -0.2) is 14.8 Å². The van der Waals surface area contributed by atoms with Crippen molar-refractivity contribution in [1.29, 1.82) is 0 Å². The van der Waals surface area contributed by atoms with Gasteiger partial charge >= 0.3 is 6.36 Å². The lowest BCUT2D eigenvalue weighted by Crippen LogP contribution is -2.17. The summed E-state index contributed by atoms with van der Waals surface area (Å²) in [4.78, 5) is -0.158. The minimum atomic E-state index is -4.82. The van der Waals surface area contributed by atoms with E-state index < -0.39 is 22.1 Å². The molecule has 0 radical (unpaired) electrons. The molecule has 0 aromatic heterocycles. The van der Waals surface area contributed by atoms with Gasteiger partial charge in [-0.2, -0.15) is 0 Å². The number of benzene rings is 2.